The second-order valence-electron chi connectivity index (χ2n) is 2.43. The lowest BCUT2D eigenvalue weighted by molar-refractivity contribution is 0.628. The normalized spacial score (nSPS) is 10.1. The molecule has 0 fully saturated rings. The van der Waals surface area contributed by atoms with E-state index in [4.69, 9.17) is 0 Å². The summed E-state index contributed by atoms with van der Waals surface area (Å²) in [5, 5.41) is 3.94. The fourth-order valence-electron chi connectivity index (χ4n) is 1.02. The third-order valence-corrected chi connectivity index (χ3v) is 2.28. The fourth-order valence-corrected chi connectivity index (χ4v) is 1.68. The highest BCUT2D eigenvalue weighted by Crippen LogP contribution is 2.21. The summed E-state index contributed by atoms with van der Waals surface area (Å²) in [6, 6.07) is 9.42. The lowest BCUT2D eigenvalue weighted by Gasteiger charge is -1.95. The molecule has 2 aromatic rings. The smallest absolute Gasteiger partial charge is 0.123 e. The van der Waals surface area contributed by atoms with Crippen LogP contribution >= 0.6 is 11.3 Å². The maximum atomic E-state index is 12.7. The average Bonchev–Trinajstić information content (AvgIpc) is 2.56. The van der Waals surface area contributed by atoms with Gasteiger partial charge < -0.3 is 0 Å². The van der Waals surface area contributed by atoms with Gasteiger partial charge in [0.05, 0.1) is 0 Å². The van der Waals surface area contributed by atoms with E-state index in [1.165, 1.54) is 12.1 Å². The molecule has 0 unspecified atom stereocenters. The quantitative estimate of drug-likeness (QED) is 0.626. The summed E-state index contributed by atoms with van der Waals surface area (Å²) >= 11 is 1.60. The monoisotopic (exact) mass is 177 g/mol. The Balaban J connectivity index is 2.48. The second-order valence-corrected chi connectivity index (χ2v) is 3.21. The number of halogens is 1. The molecule has 1 aromatic heterocycles. The molecule has 0 saturated carbocycles. The van der Waals surface area contributed by atoms with Crippen molar-refractivity contribution in [3.05, 3.63) is 46.9 Å². The van der Waals surface area contributed by atoms with Crippen LogP contribution in [0.2, 0.25) is 0 Å². The predicted molar refractivity (Wildman–Crippen MR) is 48.5 cm³/mol. The van der Waals surface area contributed by atoms with Crippen molar-refractivity contribution in [2.24, 2.45) is 0 Å². The largest absolute Gasteiger partial charge is 0.207 e. The zero-order valence-electron chi connectivity index (χ0n) is 6.25. The third kappa shape index (κ3) is 1.38. The number of hydrogen-bond donors (Lipinski definition) is 0. The van der Waals surface area contributed by atoms with E-state index in [1.54, 1.807) is 17.4 Å². The van der Waals surface area contributed by atoms with Crippen LogP contribution in [-0.2, 0) is 0 Å². The maximum absolute atomic E-state index is 12.7. The fraction of sp³-hybridized carbons (Fsp3) is 0. The maximum Gasteiger partial charge on any atom is 0.123 e. The lowest BCUT2D eigenvalue weighted by atomic mass is 10.1. The van der Waals surface area contributed by atoms with Crippen molar-refractivity contribution in [1.29, 1.82) is 0 Å². The van der Waals surface area contributed by atoms with Crippen LogP contribution < -0.4 is 0 Å². The minimum Gasteiger partial charge on any atom is -0.207 e. The Kier molecular flexibility index (Phi) is 1.92. The van der Waals surface area contributed by atoms with Gasteiger partial charge in [-0.05, 0) is 46.2 Å². The van der Waals surface area contributed by atoms with Crippen molar-refractivity contribution in [3.63, 3.8) is 0 Å². The van der Waals surface area contributed by atoms with E-state index in [0.29, 0.717) is 0 Å². The summed E-state index contributed by atoms with van der Waals surface area (Å²) in [5.41, 5.74) is 1.84. The number of hydrogen-bond acceptors (Lipinski definition) is 1. The van der Waals surface area contributed by atoms with E-state index >= 15 is 0 Å². The van der Waals surface area contributed by atoms with E-state index in [9.17, 15) is 4.39 Å². The molecule has 1 radical (unpaired) electrons. The Morgan fingerprint density at radius 1 is 1.33 bits per heavy atom. The summed E-state index contributed by atoms with van der Waals surface area (Å²) in [6.07, 6.45) is 0. The Labute approximate surface area is 74.3 Å². The van der Waals surface area contributed by atoms with Crippen LogP contribution in [0.1, 0.15) is 0 Å². The van der Waals surface area contributed by atoms with Crippen molar-refractivity contribution < 1.29 is 4.39 Å². The molecule has 0 amide bonds. The molecule has 0 nitrogen and oxygen atoms in total. The summed E-state index contributed by atoms with van der Waals surface area (Å²) in [4.78, 5) is 0. The molecule has 0 atom stereocenters. The lowest BCUT2D eigenvalue weighted by Crippen LogP contribution is -1.76. The molecule has 0 bridgehead atoms. The summed E-state index contributed by atoms with van der Waals surface area (Å²) in [5.74, 6) is -0.213. The molecule has 0 aliphatic heterocycles. The molecule has 12 heavy (non-hydrogen) atoms. The van der Waals surface area contributed by atoms with Crippen molar-refractivity contribution in [3.8, 4) is 11.1 Å². The summed E-state index contributed by atoms with van der Waals surface area (Å²) in [7, 11) is 0. The highest BCUT2D eigenvalue weighted by Gasteiger charge is 1.98. The standard InChI is InChI=1S/C10H6FS/c11-10-3-1-2-8(6-10)9-4-5-12-7-9/h1,3-7H. The first-order valence-electron chi connectivity index (χ1n) is 3.56. The highest BCUT2D eigenvalue weighted by atomic mass is 32.1. The van der Waals surface area contributed by atoms with Crippen molar-refractivity contribution in [2.45, 2.75) is 0 Å². The van der Waals surface area contributed by atoms with E-state index in [1.807, 2.05) is 16.8 Å². The first kappa shape index (κ1) is 7.50. The first-order valence-corrected chi connectivity index (χ1v) is 4.50. The van der Waals surface area contributed by atoms with Crippen LogP contribution in [0.4, 0.5) is 4.39 Å². The van der Waals surface area contributed by atoms with Crippen LogP contribution in [-0.4, -0.2) is 0 Å². The molecule has 0 N–H and O–H groups in total. The van der Waals surface area contributed by atoms with Crippen LogP contribution in [0, 0.1) is 11.9 Å². The molecular weight excluding hydrogens is 171 g/mol. The zero-order chi connectivity index (χ0) is 8.39. The minimum absolute atomic E-state index is 0.213. The predicted octanol–water partition coefficient (Wildman–Crippen LogP) is 3.35. The topological polar surface area (TPSA) is 0 Å². The zero-order valence-corrected chi connectivity index (χ0v) is 7.07. The Hall–Kier alpha value is -1.15. The Bertz CT molecular complexity index is 365. The second kappa shape index (κ2) is 3.07. The molecule has 0 saturated heterocycles. The van der Waals surface area contributed by atoms with Gasteiger partial charge in [-0.25, -0.2) is 4.39 Å². The van der Waals surface area contributed by atoms with Crippen molar-refractivity contribution >= 4 is 11.3 Å². The number of thiophene rings is 1. The first-order chi connectivity index (χ1) is 5.86. The van der Waals surface area contributed by atoms with Gasteiger partial charge in [0.15, 0.2) is 0 Å². The van der Waals surface area contributed by atoms with Crippen molar-refractivity contribution in [2.75, 3.05) is 0 Å². The van der Waals surface area contributed by atoms with Crippen LogP contribution in [0.25, 0.3) is 11.1 Å². The van der Waals surface area contributed by atoms with Crippen LogP contribution in [0.15, 0.2) is 35.0 Å². The molecule has 0 aliphatic rings. The molecule has 1 aromatic carbocycles. The van der Waals surface area contributed by atoms with Gasteiger partial charge in [-0.1, -0.05) is 6.07 Å². The molecule has 0 spiro atoms. The van der Waals surface area contributed by atoms with Crippen LogP contribution in [0.3, 0.4) is 0 Å². The van der Waals surface area contributed by atoms with Gasteiger partial charge in [-0.15, -0.1) is 0 Å². The van der Waals surface area contributed by atoms with Gasteiger partial charge in [0.25, 0.3) is 0 Å². The van der Waals surface area contributed by atoms with E-state index in [2.05, 4.69) is 6.07 Å². The van der Waals surface area contributed by atoms with E-state index in [-0.39, 0.29) is 5.82 Å². The number of benzene rings is 1. The summed E-state index contributed by atoms with van der Waals surface area (Å²) in [6.45, 7) is 0. The van der Waals surface area contributed by atoms with E-state index in [0.717, 1.165) is 11.1 Å². The van der Waals surface area contributed by atoms with E-state index < -0.39 is 0 Å². The van der Waals surface area contributed by atoms with Gasteiger partial charge in [0.2, 0.25) is 0 Å². The minimum atomic E-state index is -0.213. The molecule has 1 heterocycles. The van der Waals surface area contributed by atoms with Gasteiger partial charge in [0, 0.05) is 0 Å². The molecule has 59 valence electrons. The SMILES string of the molecule is Fc1cc[c]c(-c2ccsc2)c1. The van der Waals surface area contributed by atoms with Gasteiger partial charge in [-0.3, -0.25) is 0 Å². The molecule has 0 aliphatic carbocycles. The van der Waals surface area contributed by atoms with Crippen molar-refractivity contribution in [1.82, 2.24) is 0 Å². The molecular formula is C10H6FS. The van der Waals surface area contributed by atoms with Gasteiger partial charge >= 0.3 is 0 Å². The summed E-state index contributed by atoms with van der Waals surface area (Å²) < 4.78 is 12.7. The van der Waals surface area contributed by atoms with Crippen LogP contribution in [0.5, 0.6) is 0 Å². The third-order valence-electron chi connectivity index (χ3n) is 1.60. The average molecular weight is 177 g/mol. The Morgan fingerprint density at radius 2 is 2.25 bits per heavy atom. The van der Waals surface area contributed by atoms with Gasteiger partial charge in [0.1, 0.15) is 5.82 Å². The Morgan fingerprint density at radius 3 is 2.92 bits per heavy atom. The molecule has 2 rings (SSSR count). The highest BCUT2D eigenvalue weighted by molar-refractivity contribution is 7.08. The molecule has 2 heteroatoms. The number of rotatable bonds is 1. The van der Waals surface area contributed by atoms with Gasteiger partial charge in [-0.2, -0.15) is 11.3 Å².